The minimum absolute atomic E-state index is 0.130. The van der Waals surface area contributed by atoms with Crippen LogP contribution in [0.4, 0.5) is 5.69 Å². The van der Waals surface area contributed by atoms with Gasteiger partial charge >= 0.3 is 0 Å². The zero-order valence-electron chi connectivity index (χ0n) is 16.1. The number of rotatable bonds is 5. The van der Waals surface area contributed by atoms with Gasteiger partial charge in [0, 0.05) is 5.71 Å². The van der Waals surface area contributed by atoms with Gasteiger partial charge in [-0.3, -0.25) is 4.79 Å². The van der Waals surface area contributed by atoms with Gasteiger partial charge in [0.2, 0.25) is 0 Å². The van der Waals surface area contributed by atoms with Crippen molar-refractivity contribution in [1.29, 1.82) is 0 Å². The SMILES string of the molecule is COc1ccccc1NCC(=O)NN=C1CCCCCCCCCCC1. The van der Waals surface area contributed by atoms with Gasteiger partial charge in [-0.25, -0.2) is 5.43 Å². The minimum Gasteiger partial charge on any atom is -0.495 e. The number of para-hydroxylation sites is 2. The lowest BCUT2D eigenvalue weighted by Gasteiger charge is -2.11. The quantitative estimate of drug-likeness (QED) is 0.736. The normalized spacial score (nSPS) is 16.7. The van der Waals surface area contributed by atoms with Crippen molar-refractivity contribution in [2.45, 2.75) is 70.6 Å². The highest BCUT2D eigenvalue weighted by molar-refractivity contribution is 5.87. The van der Waals surface area contributed by atoms with E-state index in [1.54, 1.807) is 7.11 Å². The van der Waals surface area contributed by atoms with Crippen LogP contribution < -0.4 is 15.5 Å². The highest BCUT2D eigenvalue weighted by atomic mass is 16.5. The molecule has 1 aliphatic carbocycles. The third-order valence-corrected chi connectivity index (χ3v) is 4.82. The summed E-state index contributed by atoms with van der Waals surface area (Å²) < 4.78 is 5.28. The lowest BCUT2D eigenvalue weighted by atomic mass is 10.00. The molecule has 0 atom stereocenters. The number of hydrogen-bond donors (Lipinski definition) is 2. The third kappa shape index (κ3) is 7.89. The second-order valence-electron chi connectivity index (χ2n) is 6.95. The molecule has 26 heavy (non-hydrogen) atoms. The van der Waals surface area contributed by atoms with Gasteiger partial charge in [0.25, 0.3) is 5.91 Å². The van der Waals surface area contributed by atoms with Crippen LogP contribution in [0.2, 0.25) is 0 Å². The number of anilines is 1. The second-order valence-corrected chi connectivity index (χ2v) is 6.95. The van der Waals surface area contributed by atoms with Crippen molar-refractivity contribution in [3.63, 3.8) is 0 Å². The smallest absolute Gasteiger partial charge is 0.259 e. The summed E-state index contributed by atoms with van der Waals surface area (Å²) in [7, 11) is 1.62. The van der Waals surface area contributed by atoms with E-state index in [9.17, 15) is 4.79 Å². The predicted octanol–water partition coefficient (Wildman–Crippen LogP) is 4.88. The monoisotopic (exact) mass is 359 g/mol. The van der Waals surface area contributed by atoms with E-state index < -0.39 is 0 Å². The van der Waals surface area contributed by atoms with E-state index in [1.807, 2.05) is 24.3 Å². The Balaban J connectivity index is 1.79. The molecular weight excluding hydrogens is 326 g/mol. The summed E-state index contributed by atoms with van der Waals surface area (Å²) in [5.74, 6) is 0.598. The molecule has 1 fully saturated rings. The van der Waals surface area contributed by atoms with Crippen molar-refractivity contribution in [2.24, 2.45) is 5.10 Å². The number of methoxy groups -OCH3 is 1. The molecule has 1 amide bonds. The number of benzene rings is 1. The molecule has 144 valence electrons. The highest BCUT2D eigenvalue weighted by Crippen LogP contribution is 2.22. The number of ether oxygens (including phenoxy) is 1. The minimum atomic E-state index is -0.130. The highest BCUT2D eigenvalue weighted by Gasteiger charge is 2.06. The molecule has 5 heteroatoms. The summed E-state index contributed by atoms with van der Waals surface area (Å²) >= 11 is 0. The van der Waals surface area contributed by atoms with E-state index in [0.717, 1.165) is 30.0 Å². The lowest BCUT2D eigenvalue weighted by Crippen LogP contribution is -2.27. The molecule has 5 nitrogen and oxygen atoms in total. The predicted molar refractivity (Wildman–Crippen MR) is 108 cm³/mol. The molecule has 0 aliphatic heterocycles. The molecule has 2 rings (SSSR count). The maximum absolute atomic E-state index is 12.1. The summed E-state index contributed by atoms with van der Waals surface area (Å²) in [5.41, 5.74) is 4.66. The van der Waals surface area contributed by atoms with Gasteiger partial charge in [-0.2, -0.15) is 5.10 Å². The Hall–Kier alpha value is -2.04. The van der Waals surface area contributed by atoms with Gasteiger partial charge < -0.3 is 10.1 Å². The molecule has 1 aliphatic rings. The largest absolute Gasteiger partial charge is 0.495 e. The number of carbonyl (C=O) groups is 1. The van der Waals surface area contributed by atoms with Gasteiger partial charge in [0.15, 0.2) is 0 Å². The maximum atomic E-state index is 12.1. The van der Waals surface area contributed by atoms with Crippen molar-refractivity contribution < 1.29 is 9.53 Å². The van der Waals surface area contributed by atoms with Gasteiger partial charge in [-0.05, 0) is 37.8 Å². The number of nitrogens with one attached hydrogen (secondary N) is 2. The molecule has 0 unspecified atom stereocenters. The van der Waals surface area contributed by atoms with Gasteiger partial charge in [-0.1, -0.05) is 57.1 Å². The molecule has 0 bridgehead atoms. The summed E-state index contributed by atoms with van der Waals surface area (Å²) in [4.78, 5) is 12.1. The van der Waals surface area contributed by atoms with E-state index in [1.165, 1.54) is 57.8 Å². The number of hydrazone groups is 1. The van der Waals surface area contributed by atoms with Crippen LogP contribution in [0.25, 0.3) is 0 Å². The van der Waals surface area contributed by atoms with Crippen LogP contribution in [0, 0.1) is 0 Å². The fraction of sp³-hybridized carbons (Fsp3) is 0.619. The first-order valence-electron chi connectivity index (χ1n) is 10.0. The Morgan fingerprint density at radius 1 is 0.962 bits per heavy atom. The van der Waals surface area contributed by atoms with E-state index >= 15 is 0 Å². The first-order chi connectivity index (χ1) is 12.8. The first kappa shape index (κ1) is 20.3. The van der Waals surface area contributed by atoms with Crippen LogP contribution in [0.15, 0.2) is 29.4 Å². The number of carbonyl (C=O) groups excluding carboxylic acids is 1. The lowest BCUT2D eigenvalue weighted by molar-refractivity contribution is -0.119. The molecule has 1 saturated carbocycles. The molecule has 0 aromatic heterocycles. The number of nitrogens with zero attached hydrogens (tertiary/aromatic N) is 1. The summed E-state index contributed by atoms with van der Waals surface area (Å²) in [6.07, 6.45) is 13.6. The molecule has 0 radical (unpaired) electrons. The number of amides is 1. The van der Waals surface area contributed by atoms with Crippen LogP contribution in [-0.2, 0) is 4.79 Å². The zero-order valence-corrected chi connectivity index (χ0v) is 16.1. The standard InChI is InChI=1S/C21H33N3O2/c1-26-20-16-12-11-15-19(20)22-17-21(25)24-23-18-13-9-7-5-3-2-4-6-8-10-14-18/h11-12,15-16,22H,2-10,13-14,17H2,1H3,(H,24,25). The Kier molecular flexibility index (Phi) is 9.62. The van der Waals surface area contributed by atoms with Crippen LogP contribution in [0.5, 0.6) is 5.75 Å². The fourth-order valence-corrected chi connectivity index (χ4v) is 3.28. The fourth-order valence-electron chi connectivity index (χ4n) is 3.28. The van der Waals surface area contributed by atoms with Crippen molar-refractivity contribution >= 4 is 17.3 Å². The van der Waals surface area contributed by atoms with E-state index in [-0.39, 0.29) is 12.5 Å². The molecule has 2 N–H and O–H groups in total. The van der Waals surface area contributed by atoms with Gasteiger partial charge in [0.05, 0.1) is 19.3 Å². The number of hydrogen-bond acceptors (Lipinski definition) is 4. The van der Waals surface area contributed by atoms with E-state index in [0.29, 0.717) is 0 Å². The van der Waals surface area contributed by atoms with Gasteiger partial charge in [-0.15, -0.1) is 0 Å². The summed E-state index contributed by atoms with van der Waals surface area (Å²) in [5, 5.41) is 7.51. The molecule has 1 aromatic carbocycles. The first-order valence-corrected chi connectivity index (χ1v) is 10.0. The third-order valence-electron chi connectivity index (χ3n) is 4.82. The Morgan fingerprint density at radius 2 is 1.54 bits per heavy atom. The zero-order chi connectivity index (χ0) is 18.5. The van der Waals surface area contributed by atoms with Crippen molar-refractivity contribution in [2.75, 3.05) is 19.0 Å². The average Bonchev–Trinajstić information content (AvgIpc) is 2.66. The van der Waals surface area contributed by atoms with Crippen LogP contribution in [-0.4, -0.2) is 25.3 Å². The van der Waals surface area contributed by atoms with Crippen LogP contribution >= 0.6 is 0 Å². The Labute approximate surface area is 157 Å². The Morgan fingerprint density at radius 3 is 2.15 bits per heavy atom. The molecule has 0 heterocycles. The van der Waals surface area contributed by atoms with Crippen molar-refractivity contribution in [3.8, 4) is 5.75 Å². The van der Waals surface area contributed by atoms with Crippen molar-refractivity contribution in [1.82, 2.24) is 5.43 Å². The van der Waals surface area contributed by atoms with Crippen LogP contribution in [0.1, 0.15) is 70.6 Å². The summed E-state index contributed by atoms with van der Waals surface area (Å²) in [6, 6.07) is 7.57. The second kappa shape index (κ2) is 12.3. The Bertz CT molecular complexity index is 558. The van der Waals surface area contributed by atoms with Gasteiger partial charge in [0.1, 0.15) is 5.75 Å². The molecule has 1 aromatic rings. The topological polar surface area (TPSA) is 62.7 Å². The molecule has 0 spiro atoms. The maximum Gasteiger partial charge on any atom is 0.259 e. The molecular formula is C21H33N3O2. The molecule has 0 saturated heterocycles. The van der Waals surface area contributed by atoms with Crippen LogP contribution in [0.3, 0.4) is 0 Å². The van der Waals surface area contributed by atoms with E-state index in [2.05, 4.69) is 15.8 Å². The average molecular weight is 360 g/mol. The van der Waals surface area contributed by atoms with Crippen molar-refractivity contribution in [3.05, 3.63) is 24.3 Å². The summed E-state index contributed by atoms with van der Waals surface area (Å²) in [6.45, 7) is 0.178. The van der Waals surface area contributed by atoms with E-state index in [4.69, 9.17) is 4.74 Å².